The van der Waals surface area contributed by atoms with Crippen molar-refractivity contribution in [3.05, 3.63) is 36.7 Å². The molecule has 0 bridgehead atoms. The fourth-order valence-corrected chi connectivity index (χ4v) is 3.03. The molecule has 0 saturated carbocycles. The number of rotatable bonds is 8. The van der Waals surface area contributed by atoms with Crippen molar-refractivity contribution >= 4 is 11.8 Å². The van der Waals surface area contributed by atoms with Crippen LogP contribution in [0.3, 0.4) is 0 Å². The van der Waals surface area contributed by atoms with Crippen LogP contribution < -0.4 is 0 Å². The molecular weight excluding hydrogens is 310 g/mol. The molecule has 0 spiro atoms. The van der Waals surface area contributed by atoms with Gasteiger partial charge in [-0.3, -0.25) is 0 Å². The minimum atomic E-state index is 0.684. The Morgan fingerprint density at radius 3 is 2.70 bits per heavy atom. The molecule has 0 unspecified atom stereocenters. The Morgan fingerprint density at radius 2 is 1.91 bits per heavy atom. The monoisotopic (exact) mass is 329 g/mol. The van der Waals surface area contributed by atoms with Crippen LogP contribution >= 0.6 is 11.8 Å². The molecule has 3 rings (SSSR count). The first-order valence-electron chi connectivity index (χ1n) is 7.63. The lowest BCUT2D eigenvalue weighted by Gasteiger charge is -2.01. The SMILES string of the molecule is Cn1cnnc1SCCCCCn1nnc(-c2ccccc2)n1. The number of unbranched alkanes of at least 4 members (excludes halogenated alkanes) is 2. The van der Waals surface area contributed by atoms with Gasteiger partial charge in [-0.15, -0.1) is 20.4 Å². The van der Waals surface area contributed by atoms with Crippen molar-refractivity contribution in [2.24, 2.45) is 7.05 Å². The molecule has 0 fully saturated rings. The van der Waals surface area contributed by atoms with E-state index in [4.69, 9.17) is 0 Å². The third-order valence-corrected chi connectivity index (χ3v) is 4.51. The average molecular weight is 329 g/mol. The molecule has 3 aromatic rings. The maximum Gasteiger partial charge on any atom is 0.204 e. The molecule has 2 aromatic heterocycles. The van der Waals surface area contributed by atoms with Gasteiger partial charge in [0, 0.05) is 18.4 Å². The van der Waals surface area contributed by atoms with Crippen molar-refractivity contribution in [1.29, 1.82) is 0 Å². The summed E-state index contributed by atoms with van der Waals surface area (Å²) in [6.45, 7) is 0.800. The Kier molecular flexibility index (Phi) is 5.36. The van der Waals surface area contributed by atoms with E-state index >= 15 is 0 Å². The van der Waals surface area contributed by atoms with Crippen LogP contribution in [0.25, 0.3) is 11.4 Å². The minimum absolute atomic E-state index is 0.684. The van der Waals surface area contributed by atoms with Crippen LogP contribution in [-0.4, -0.2) is 40.7 Å². The second-order valence-corrected chi connectivity index (χ2v) is 6.27. The van der Waals surface area contributed by atoms with E-state index in [-0.39, 0.29) is 0 Å². The summed E-state index contributed by atoms with van der Waals surface area (Å²) in [6, 6.07) is 9.92. The normalized spacial score (nSPS) is 11.0. The van der Waals surface area contributed by atoms with Gasteiger partial charge >= 0.3 is 0 Å². The summed E-state index contributed by atoms with van der Waals surface area (Å²) in [7, 11) is 1.96. The number of aromatic nitrogens is 7. The van der Waals surface area contributed by atoms with Gasteiger partial charge in [-0.25, -0.2) is 0 Å². The lowest BCUT2D eigenvalue weighted by Crippen LogP contribution is -2.02. The molecule has 0 saturated heterocycles. The van der Waals surface area contributed by atoms with Crippen molar-refractivity contribution in [1.82, 2.24) is 35.0 Å². The van der Waals surface area contributed by atoms with Gasteiger partial charge in [-0.2, -0.15) is 4.80 Å². The maximum atomic E-state index is 4.42. The van der Waals surface area contributed by atoms with Gasteiger partial charge in [0.05, 0.1) is 6.54 Å². The molecule has 0 aliphatic carbocycles. The van der Waals surface area contributed by atoms with Crippen molar-refractivity contribution in [3.63, 3.8) is 0 Å². The maximum absolute atomic E-state index is 4.42. The molecule has 2 heterocycles. The van der Waals surface area contributed by atoms with E-state index in [2.05, 4.69) is 25.6 Å². The Balaban J connectivity index is 1.36. The van der Waals surface area contributed by atoms with Crippen molar-refractivity contribution < 1.29 is 0 Å². The molecule has 0 N–H and O–H groups in total. The zero-order valence-corrected chi connectivity index (χ0v) is 13.9. The molecule has 0 amide bonds. The first-order chi connectivity index (χ1) is 11.3. The van der Waals surface area contributed by atoms with Crippen LogP contribution in [0.1, 0.15) is 19.3 Å². The molecule has 0 atom stereocenters. The fraction of sp³-hybridized carbons (Fsp3) is 0.400. The summed E-state index contributed by atoms with van der Waals surface area (Å²) >= 11 is 1.74. The molecule has 7 nitrogen and oxygen atoms in total. The van der Waals surface area contributed by atoms with Gasteiger partial charge < -0.3 is 4.57 Å². The van der Waals surface area contributed by atoms with E-state index < -0.39 is 0 Å². The van der Waals surface area contributed by atoms with E-state index in [0.717, 1.165) is 42.3 Å². The summed E-state index contributed by atoms with van der Waals surface area (Å²) in [5.41, 5.74) is 0.999. The van der Waals surface area contributed by atoms with Gasteiger partial charge in [0.2, 0.25) is 5.82 Å². The largest absolute Gasteiger partial charge is 0.312 e. The zero-order valence-electron chi connectivity index (χ0n) is 13.0. The minimum Gasteiger partial charge on any atom is -0.312 e. The number of tetrazole rings is 1. The molecule has 23 heavy (non-hydrogen) atoms. The molecular formula is C15H19N7S. The van der Waals surface area contributed by atoms with Crippen LogP contribution in [0.2, 0.25) is 0 Å². The molecule has 8 heteroatoms. The highest BCUT2D eigenvalue weighted by Crippen LogP contribution is 2.16. The number of thioether (sulfide) groups is 1. The summed E-state index contributed by atoms with van der Waals surface area (Å²) in [5, 5.41) is 21.5. The van der Waals surface area contributed by atoms with Crippen molar-refractivity contribution in [2.75, 3.05) is 5.75 Å². The quantitative estimate of drug-likeness (QED) is 0.467. The summed E-state index contributed by atoms with van der Waals surface area (Å²) in [6.07, 6.45) is 5.04. The highest BCUT2D eigenvalue weighted by atomic mass is 32.2. The summed E-state index contributed by atoms with van der Waals surface area (Å²) in [4.78, 5) is 1.68. The van der Waals surface area contributed by atoms with Crippen molar-refractivity contribution in [3.8, 4) is 11.4 Å². The highest BCUT2D eigenvalue weighted by Gasteiger charge is 2.05. The second kappa shape index (κ2) is 7.87. The van der Waals surface area contributed by atoms with E-state index in [1.54, 1.807) is 22.9 Å². The third-order valence-electron chi connectivity index (χ3n) is 3.39. The number of hydrogen-bond donors (Lipinski definition) is 0. The second-order valence-electron chi connectivity index (χ2n) is 5.21. The zero-order chi connectivity index (χ0) is 15.9. The Labute approximate surface area is 139 Å². The first kappa shape index (κ1) is 15.7. The van der Waals surface area contributed by atoms with E-state index in [1.165, 1.54) is 0 Å². The standard InChI is InChI=1S/C15H19N7S/c1-21-12-16-18-15(21)23-11-7-3-6-10-22-19-14(17-20-22)13-8-4-2-5-9-13/h2,4-5,8-9,12H,3,6-7,10-11H2,1H3. The lowest BCUT2D eigenvalue weighted by atomic mass is 10.2. The van der Waals surface area contributed by atoms with E-state index in [9.17, 15) is 0 Å². The molecule has 1 aromatic carbocycles. The molecule has 0 aliphatic heterocycles. The summed E-state index contributed by atoms with van der Waals surface area (Å²) in [5.74, 6) is 1.73. The Bertz CT molecular complexity index is 722. The lowest BCUT2D eigenvalue weighted by molar-refractivity contribution is 0.487. The average Bonchev–Trinajstić information content (AvgIpc) is 3.21. The van der Waals surface area contributed by atoms with Gasteiger partial charge in [0.1, 0.15) is 6.33 Å². The Hall–Kier alpha value is -2.22. The third kappa shape index (κ3) is 4.38. The highest BCUT2D eigenvalue weighted by molar-refractivity contribution is 7.99. The van der Waals surface area contributed by atoms with Gasteiger partial charge in [0.25, 0.3) is 0 Å². The number of benzene rings is 1. The van der Waals surface area contributed by atoms with E-state index in [1.807, 2.05) is 41.9 Å². The van der Waals surface area contributed by atoms with Crippen LogP contribution in [0.15, 0.2) is 41.8 Å². The first-order valence-corrected chi connectivity index (χ1v) is 8.61. The van der Waals surface area contributed by atoms with Crippen LogP contribution in [-0.2, 0) is 13.6 Å². The van der Waals surface area contributed by atoms with Crippen LogP contribution in [0, 0.1) is 0 Å². The van der Waals surface area contributed by atoms with Gasteiger partial charge in [-0.1, -0.05) is 48.5 Å². The predicted molar refractivity (Wildman–Crippen MR) is 88.8 cm³/mol. The fourth-order valence-electron chi connectivity index (χ4n) is 2.14. The number of aryl methyl sites for hydroxylation is 2. The summed E-state index contributed by atoms with van der Waals surface area (Å²) < 4.78 is 1.94. The van der Waals surface area contributed by atoms with Crippen molar-refractivity contribution in [2.45, 2.75) is 31.0 Å². The Morgan fingerprint density at radius 1 is 1.04 bits per heavy atom. The van der Waals surface area contributed by atoms with Crippen LogP contribution in [0.4, 0.5) is 0 Å². The van der Waals surface area contributed by atoms with Crippen LogP contribution in [0.5, 0.6) is 0 Å². The molecule has 120 valence electrons. The predicted octanol–water partition coefficient (Wildman–Crippen LogP) is 2.43. The molecule has 0 radical (unpaired) electrons. The van der Waals surface area contributed by atoms with Gasteiger partial charge in [0.15, 0.2) is 5.16 Å². The smallest absolute Gasteiger partial charge is 0.204 e. The van der Waals surface area contributed by atoms with E-state index in [0.29, 0.717) is 5.82 Å². The topological polar surface area (TPSA) is 74.3 Å². The van der Waals surface area contributed by atoms with Gasteiger partial charge in [-0.05, 0) is 18.1 Å². The number of nitrogens with zero attached hydrogens (tertiary/aromatic N) is 7. The number of hydrogen-bond acceptors (Lipinski definition) is 6. The molecule has 0 aliphatic rings.